The number of nitrogens with one attached hydrogen (secondary N) is 1. The zero-order valence-corrected chi connectivity index (χ0v) is 14.8. The number of pyridine rings is 1. The fourth-order valence-corrected chi connectivity index (χ4v) is 3.88. The van der Waals surface area contributed by atoms with Crippen molar-refractivity contribution < 1.29 is 0 Å². The Morgan fingerprint density at radius 3 is 2.81 bits per heavy atom. The van der Waals surface area contributed by atoms with Crippen molar-refractivity contribution >= 4 is 17.1 Å². The summed E-state index contributed by atoms with van der Waals surface area (Å²) in [6.07, 6.45) is 14.7. The maximum atomic E-state index is 4.66. The van der Waals surface area contributed by atoms with Crippen molar-refractivity contribution in [3.63, 3.8) is 0 Å². The lowest BCUT2D eigenvalue weighted by atomic mass is 9.87. The summed E-state index contributed by atoms with van der Waals surface area (Å²) in [6.45, 7) is 2.33. The van der Waals surface area contributed by atoms with E-state index in [4.69, 9.17) is 0 Å². The highest BCUT2D eigenvalue weighted by Gasteiger charge is 2.19. The van der Waals surface area contributed by atoms with Crippen molar-refractivity contribution in [3.05, 3.63) is 49.2 Å². The van der Waals surface area contributed by atoms with Crippen LogP contribution in [0.4, 0.5) is 5.95 Å². The van der Waals surface area contributed by atoms with Crippen LogP contribution in [0.3, 0.4) is 0 Å². The molecule has 1 aliphatic rings. The summed E-state index contributed by atoms with van der Waals surface area (Å²) in [5.41, 5.74) is 4.20. The second-order valence-corrected chi connectivity index (χ2v) is 7.35. The number of hydrogen-bond acceptors (Lipinski definition) is 4. The average molecular weight is 346 g/mol. The Kier molecular flexibility index (Phi) is 3.62. The molecule has 1 saturated carbocycles. The van der Waals surface area contributed by atoms with Gasteiger partial charge in [-0.3, -0.25) is 0 Å². The number of fused-ring (bicyclic) bond motifs is 2. The van der Waals surface area contributed by atoms with Gasteiger partial charge in [0.05, 0.1) is 11.7 Å². The van der Waals surface area contributed by atoms with Crippen molar-refractivity contribution in [1.29, 1.82) is 0 Å². The van der Waals surface area contributed by atoms with Gasteiger partial charge < -0.3 is 9.72 Å². The van der Waals surface area contributed by atoms with E-state index in [0.29, 0.717) is 12.0 Å². The lowest BCUT2D eigenvalue weighted by Crippen LogP contribution is -2.26. The lowest BCUT2D eigenvalue weighted by Gasteiger charge is -2.26. The first kappa shape index (κ1) is 15.4. The van der Waals surface area contributed by atoms with Gasteiger partial charge in [0.1, 0.15) is 5.65 Å². The number of hydrogen-bond donors (Lipinski definition) is 1. The number of rotatable bonds is 3. The topological polar surface area (TPSA) is 59.5 Å². The molecule has 4 aromatic heterocycles. The third kappa shape index (κ3) is 2.71. The van der Waals surface area contributed by atoms with E-state index in [9.17, 15) is 0 Å². The van der Waals surface area contributed by atoms with Gasteiger partial charge in [-0.1, -0.05) is 6.92 Å². The quantitative estimate of drug-likeness (QED) is 0.608. The second kappa shape index (κ2) is 6.12. The van der Waals surface area contributed by atoms with Crippen molar-refractivity contribution in [3.8, 4) is 11.1 Å². The van der Waals surface area contributed by atoms with Crippen LogP contribution in [0.1, 0.15) is 32.6 Å². The van der Waals surface area contributed by atoms with Gasteiger partial charge in [-0.25, -0.2) is 14.5 Å². The smallest absolute Gasteiger partial charge is 0.241 e. The van der Waals surface area contributed by atoms with Gasteiger partial charge >= 0.3 is 0 Å². The molecule has 132 valence electrons. The van der Waals surface area contributed by atoms with Gasteiger partial charge in [-0.2, -0.15) is 0 Å². The third-order valence-corrected chi connectivity index (χ3v) is 5.47. The van der Waals surface area contributed by atoms with Crippen LogP contribution >= 0.6 is 0 Å². The van der Waals surface area contributed by atoms with E-state index in [1.54, 1.807) is 0 Å². The molecule has 0 spiro atoms. The maximum Gasteiger partial charge on any atom is 0.241 e. The van der Waals surface area contributed by atoms with Gasteiger partial charge in [0.2, 0.25) is 5.95 Å². The zero-order valence-electron chi connectivity index (χ0n) is 14.8. The predicted octanol–water partition coefficient (Wildman–Crippen LogP) is 4.03. The monoisotopic (exact) mass is 346 g/mol. The van der Waals surface area contributed by atoms with E-state index in [1.807, 2.05) is 39.8 Å². The summed E-state index contributed by atoms with van der Waals surface area (Å²) in [7, 11) is 0. The summed E-state index contributed by atoms with van der Waals surface area (Å²) in [5, 5.41) is 8.17. The molecule has 0 aliphatic heterocycles. The zero-order chi connectivity index (χ0) is 17.5. The molecular formula is C20H22N6. The minimum absolute atomic E-state index is 0.488. The molecule has 1 N–H and O–H groups in total. The molecule has 0 saturated heterocycles. The molecule has 0 aromatic carbocycles. The molecule has 1 aliphatic carbocycles. The Morgan fingerprint density at radius 2 is 1.92 bits per heavy atom. The average Bonchev–Trinajstić information content (AvgIpc) is 3.29. The molecule has 4 aromatic rings. The number of anilines is 1. The minimum Gasteiger partial charge on any atom is -0.350 e. The minimum atomic E-state index is 0.488. The number of aromatic nitrogens is 5. The van der Waals surface area contributed by atoms with Crippen LogP contribution in [0.2, 0.25) is 0 Å². The Balaban J connectivity index is 1.44. The summed E-state index contributed by atoms with van der Waals surface area (Å²) in [4.78, 5) is 8.87. The third-order valence-electron chi connectivity index (χ3n) is 5.47. The van der Waals surface area contributed by atoms with Crippen molar-refractivity contribution in [2.45, 2.75) is 38.6 Å². The molecule has 6 heteroatoms. The normalized spacial score (nSPS) is 20.7. The Bertz CT molecular complexity index is 1050. The van der Waals surface area contributed by atoms with E-state index in [1.165, 1.54) is 25.7 Å². The van der Waals surface area contributed by atoms with Crippen LogP contribution < -0.4 is 5.32 Å². The van der Waals surface area contributed by atoms with Crippen LogP contribution in [-0.2, 0) is 0 Å². The largest absolute Gasteiger partial charge is 0.350 e. The van der Waals surface area contributed by atoms with E-state index >= 15 is 0 Å². The van der Waals surface area contributed by atoms with Crippen LogP contribution in [0, 0.1) is 5.92 Å². The molecule has 4 heterocycles. The van der Waals surface area contributed by atoms with Crippen LogP contribution in [0.25, 0.3) is 22.3 Å². The Morgan fingerprint density at radius 1 is 1.04 bits per heavy atom. The predicted molar refractivity (Wildman–Crippen MR) is 102 cm³/mol. The second-order valence-electron chi connectivity index (χ2n) is 7.35. The number of imidazole rings is 1. The van der Waals surface area contributed by atoms with E-state index < -0.39 is 0 Å². The Labute approximate surface area is 151 Å². The first-order valence-electron chi connectivity index (χ1n) is 9.30. The molecule has 26 heavy (non-hydrogen) atoms. The molecule has 0 atom stereocenters. The Hall–Kier alpha value is -2.89. The van der Waals surface area contributed by atoms with Gasteiger partial charge in [-0.15, -0.1) is 5.10 Å². The molecule has 6 nitrogen and oxygen atoms in total. The van der Waals surface area contributed by atoms with Gasteiger partial charge in [0.25, 0.3) is 0 Å². The first-order valence-corrected chi connectivity index (χ1v) is 9.30. The van der Waals surface area contributed by atoms with Crippen molar-refractivity contribution in [2.75, 3.05) is 5.32 Å². The molecule has 0 unspecified atom stereocenters. The highest BCUT2D eigenvalue weighted by atomic mass is 15.3. The summed E-state index contributed by atoms with van der Waals surface area (Å²) in [6, 6.07) is 6.70. The SMILES string of the molecule is CC1CCC(Nc2ncc3c(-c4ccc5nccn5c4)ccn3n2)CC1. The standard InChI is InChI=1S/C20H22N6/c1-14-2-5-16(6-3-14)23-20-22-12-18-17(8-10-26(18)24-20)15-4-7-19-21-9-11-25(19)13-15/h4,7-14,16H,2-3,5-6H2,1H3,(H,23,24). The van der Waals surface area contributed by atoms with Crippen LogP contribution in [-0.4, -0.2) is 30.0 Å². The highest BCUT2D eigenvalue weighted by molar-refractivity contribution is 5.80. The lowest BCUT2D eigenvalue weighted by molar-refractivity contribution is 0.360. The van der Waals surface area contributed by atoms with Crippen LogP contribution in [0.15, 0.2) is 49.2 Å². The molecule has 1 fully saturated rings. The summed E-state index contributed by atoms with van der Waals surface area (Å²) in [5.74, 6) is 1.56. The summed E-state index contributed by atoms with van der Waals surface area (Å²) < 4.78 is 3.94. The van der Waals surface area contributed by atoms with Gasteiger partial charge in [-0.05, 0) is 49.8 Å². The van der Waals surface area contributed by atoms with Crippen molar-refractivity contribution in [2.24, 2.45) is 5.92 Å². The van der Waals surface area contributed by atoms with E-state index in [0.717, 1.165) is 28.2 Å². The molecule has 0 bridgehead atoms. The molecule has 5 rings (SSSR count). The van der Waals surface area contributed by atoms with Crippen molar-refractivity contribution in [1.82, 2.24) is 24.0 Å². The maximum absolute atomic E-state index is 4.66. The number of nitrogens with zero attached hydrogens (tertiary/aromatic N) is 5. The molecule has 0 amide bonds. The van der Waals surface area contributed by atoms with Gasteiger partial charge in [0, 0.05) is 42.0 Å². The van der Waals surface area contributed by atoms with E-state index in [-0.39, 0.29) is 0 Å². The fraction of sp³-hybridized carbons (Fsp3) is 0.350. The fourth-order valence-electron chi connectivity index (χ4n) is 3.88. The van der Waals surface area contributed by atoms with Crippen LogP contribution in [0.5, 0.6) is 0 Å². The highest BCUT2D eigenvalue weighted by Crippen LogP contribution is 2.27. The molecular weight excluding hydrogens is 324 g/mol. The summed E-state index contributed by atoms with van der Waals surface area (Å²) >= 11 is 0. The van der Waals surface area contributed by atoms with E-state index in [2.05, 4.69) is 45.6 Å². The van der Waals surface area contributed by atoms with Gasteiger partial charge in [0.15, 0.2) is 0 Å². The molecule has 0 radical (unpaired) electrons. The first-order chi connectivity index (χ1) is 12.8.